The van der Waals surface area contributed by atoms with Crippen LogP contribution in [-0.2, 0) is 4.74 Å². The van der Waals surface area contributed by atoms with Gasteiger partial charge in [0.05, 0.1) is 18.2 Å². The molecule has 4 heteroatoms. The monoisotopic (exact) mass is 277 g/mol. The van der Waals surface area contributed by atoms with Gasteiger partial charge in [-0.15, -0.1) is 0 Å². The molecule has 100 valence electrons. The summed E-state index contributed by atoms with van der Waals surface area (Å²) >= 11 is 6.15. The highest BCUT2D eigenvalue weighted by Crippen LogP contribution is 2.18. The molecule has 0 radical (unpaired) electrons. The number of amides is 1. The van der Waals surface area contributed by atoms with Crippen molar-refractivity contribution in [2.75, 3.05) is 26.3 Å². The molecule has 0 unspecified atom stereocenters. The van der Waals surface area contributed by atoms with Gasteiger partial charge >= 0.3 is 0 Å². The van der Waals surface area contributed by atoms with E-state index in [-0.39, 0.29) is 5.91 Å². The van der Waals surface area contributed by atoms with Crippen LogP contribution in [0.25, 0.3) is 0 Å². The Hall–Kier alpha value is -1.50. The lowest BCUT2D eigenvalue weighted by atomic mass is 10.1. The first-order chi connectivity index (χ1) is 9.22. The smallest absolute Gasteiger partial charge is 0.254 e. The summed E-state index contributed by atoms with van der Waals surface area (Å²) in [4.78, 5) is 14.0. The number of morpholine rings is 1. The van der Waals surface area contributed by atoms with Gasteiger partial charge in [0.25, 0.3) is 5.91 Å². The highest BCUT2D eigenvalue weighted by Gasteiger charge is 2.18. The van der Waals surface area contributed by atoms with Crippen LogP contribution in [0, 0.1) is 11.8 Å². The van der Waals surface area contributed by atoms with Gasteiger partial charge in [-0.1, -0.05) is 30.4 Å². The van der Waals surface area contributed by atoms with Crippen LogP contribution in [0.5, 0.6) is 0 Å². The third kappa shape index (κ3) is 3.50. The fraction of sp³-hybridized carbons (Fsp3) is 0.400. The van der Waals surface area contributed by atoms with Crippen LogP contribution < -0.4 is 0 Å². The van der Waals surface area contributed by atoms with Gasteiger partial charge in [-0.05, 0) is 18.2 Å². The Kier molecular flexibility index (Phi) is 4.84. The van der Waals surface area contributed by atoms with Gasteiger partial charge in [0.2, 0.25) is 0 Å². The van der Waals surface area contributed by atoms with Crippen molar-refractivity contribution in [3.8, 4) is 11.8 Å². The van der Waals surface area contributed by atoms with E-state index in [9.17, 15) is 4.79 Å². The van der Waals surface area contributed by atoms with Crippen molar-refractivity contribution in [2.24, 2.45) is 0 Å². The Bertz CT molecular complexity index is 525. The molecule has 1 saturated heterocycles. The first-order valence-electron chi connectivity index (χ1n) is 6.38. The standard InChI is InChI=1S/C15H16ClNO2/c1-2-3-4-12-5-6-13(11-14(12)16)15(18)17-7-9-19-10-8-17/h5-6,11H,2,7-10H2,1H3. The highest BCUT2D eigenvalue weighted by atomic mass is 35.5. The third-order valence-electron chi connectivity index (χ3n) is 2.91. The SMILES string of the molecule is CCC#Cc1ccc(C(=O)N2CCOCC2)cc1Cl. The van der Waals surface area contributed by atoms with Crippen LogP contribution in [0.3, 0.4) is 0 Å². The van der Waals surface area contributed by atoms with Gasteiger partial charge in [0, 0.05) is 30.6 Å². The van der Waals surface area contributed by atoms with Gasteiger partial charge < -0.3 is 9.64 Å². The van der Waals surface area contributed by atoms with E-state index in [2.05, 4.69) is 11.8 Å². The van der Waals surface area contributed by atoms with Crippen molar-refractivity contribution in [2.45, 2.75) is 13.3 Å². The maximum atomic E-state index is 12.3. The number of nitrogens with zero attached hydrogens (tertiary/aromatic N) is 1. The molecule has 1 aromatic rings. The summed E-state index contributed by atoms with van der Waals surface area (Å²) in [6, 6.07) is 5.28. The second kappa shape index (κ2) is 6.60. The maximum Gasteiger partial charge on any atom is 0.254 e. The largest absolute Gasteiger partial charge is 0.378 e. The van der Waals surface area contributed by atoms with Gasteiger partial charge in [0.15, 0.2) is 0 Å². The summed E-state index contributed by atoms with van der Waals surface area (Å²) in [6.07, 6.45) is 0.783. The average molecular weight is 278 g/mol. The fourth-order valence-corrected chi connectivity index (χ4v) is 2.11. The summed E-state index contributed by atoms with van der Waals surface area (Å²) in [5, 5.41) is 0.528. The van der Waals surface area contributed by atoms with Crippen LogP contribution >= 0.6 is 11.6 Å². The minimum atomic E-state index is 0.000186. The summed E-state index contributed by atoms with van der Waals surface area (Å²) in [7, 11) is 0. The zero-order valence-electron chi connectivity index (χ0n) is 10.9. The summed E-state index contributed by atoms with van der Waals surface area (Å²) in [5.41, 5.74) is 1.37. The second-order valence-corrected chi connectivity index (χ2v) is 4.66. The van der Waals surface area contributed by atoms with Gasteiger partial charge in [-0.3, -0.25) is 4.79 Å². The Morgan fingerprint density at radius 3 is 2.79 bits per heavy atom. The van der Waals surface area contributed by atoms with E-state index in [1.165, 1.54) is 0 Å². The molecular formula is C15H16ClNO2. The lowest BCUT2D eigenvalue weighted by Crippen LogP contribution is -2.40. The van der Waals surface area contributed by atoms with Crippen molar-refractivity contribution in [1.82, 2.24) is 4.90 Å². The zero-order chi connectivity index (χ0) is 13.7. The number of halogens is 1. The molecule has 1 aliphatic heterocycles. The highest BCUT2D eigenvalue weighted by molar-refractivity contribution is 6.32. The first kappa shape index (κ1) is 13.9. The van der Waals surface area contributed by atoms with E-state index >= 15 is 0 Å². The minimum Gasteiger partial charge on any atom is -0.378 e. The molecule has 3 nitrogen and oxygen atoms in total. The number of hydrogen-bond donors (Lipinski definition) is 0. The molecule has 19 heavy (non-hydrogen) atoms. The van der Waals surface area contributed by atoms with E-state index in [0.717, 1.165) is 12.0 Å². The number of ether oxygens (including phenoxy) is 1. The molecule has 0 spiro atoms. The van der Waals surface area contributed by atoms with E-state index in [4.69, 9.17) is 16.3 Å². The third-order valence-corrected chi connectivity index (χ3v) is 3.23. The van der Waals surface area contributed by atoms with E-state index in [0.29, 0.717) is 36.9 Å². The molecule has 0 N–H and O–H groups in total. The predicted molar refractivity (Wildman–Crippen MR) is 75.3 cm³/mol. The summed E-state index contributed by atoms with van der Waals surface area (Å²) in [6.45, 7) is 4.44. The van der Waals surface area contributed by atoms with Crippen molar-refractivity contribution in [3.05, 3.63) is 34.3 Å². The molecule has 1 fully saturated rings. The number of benzene rings is 1. The molecular weight excluding hydrogens is 262 g/mol. The predicted octanol–water partition coefficient (Wildman–Crippen LogP) is 2.57. The van der Waals surface area contributed by atoms with Gasteiger partial charge in [-0.2, -0.15) is 0 Å². The number of hydrogen-bond acceptors (Lipinski definition) is 2. The minimum absolute atomic E-state index is 0.000186. The van der Waals surface area contributed by atoms with Crippen LogP contribution in [-0.4, -0.2) is 37.1 Å². The molecule has 1 aromatic carbocycles. The van der Waals surface area contributed by atoms with Crippen molar-refractivity contribution in [1.29, 1.82) is 0 Å². The summed E-state index contributed by atoms with van der Waals surface area (Å²) in [5.74, 6) is 5.95. The van der Waals surface area contributed by atoms with Crippen molar-refractivity contribution < 1.29 is 9.53 Å². The zero-order valence-corrected chi connectivity index (χ0v) is 11.7. The Balaban J connectivity index is 2.16. The molecule has 1 aliphatic rings. The molecule has 0 saturated carbocycles. The lowest BCUT2D eigenvalue weighted by Gasteiger charge is -2.26. The molecule has 0 atom stereocenters. The van der Waals surface area contributed by atoms with Crippen molar-refractivity contribution >= 4 is 17.5 Å². The van der Waals surface area contributed by atoms with E-state index in [1.54, 1.807) is 23.1 Å². The Labute approximate surface area is 118 Å². The average Bonchev–Trinajstić information content (AvgIpc) is 2.46. The van der Waals surface area contributed by atoms with Gasteiger partial charge in [-0.25, -0.2) is 0 Å². The first-order valence-corrected chi connectivity index (χ1v) is 6.75. The normalized spacial score (nSPS) is 14.7. The van der Waals surface area contributed by atoms with Crippen molar-refractivity contribution in [3.63, 3.8) is 0 Å². The number of carbonyl (C=O) groups excluding carboxylic acids is 1. The second-order valence-electron chi connectivity index (χ2n) is 4.25. The van der Waals surface area contributed by atoms with Gasteiger partial charge in [0.1, 0.15) is 0 Å². The van der Waals surface area contributed by atoms with Crippen LogP contribution in [0.15, 0.2) is 18.2 Å². The quantitative estimate of drug-likeness (QED) is 0.739. The topological polar surface area (TPSA) is 29.5 Å². The molecule has 2 rings (SSSR count). The lowest BCUT2D eigenvalue weighted by molar-refractivity contribution is 0.0303. The van der Waals surface area contributed by atoms with Crippen LogP contribution in [0.1, 0.15) is 29.3 Å². The fourth-order valence-electron chi connectivity index (χ4n) is 1.88. The number of rotatable bonds is 1. The molecule has 0 aliphatic carbocycles. The summed E-state index contributed by atoms with van der Waals surface area (Å²) < 4.78 is 5.23. The van der Waals surface area contributed by atoms with E-state index in [1.807, 2.05) is 6.92 Å². The number of carbonyl (C=O) groups is 1. The maximum absolute atomic E-state index is 12.3. The molecule has 1 heterocycles. The van der Waals surface area contributed by atoms with E-state index < -0.39 is 0 Å². The van der Waals surface area contributed by atoms with Crippen LogP contribution in [0.2, 0.25) is 5.02 Å². The Morgan fingerprint density at radius 1 is 1.42 bits per heavy atom. The Morgan fingerprint density at radius 2 is 2.16 bits per heavy atom. The molecule has 0 aromatic heterocycles. The molecule has 0 bridgehead atoms. The molecule has 1 amide bonds. The van der Waals surface area contributed by atoms with Crippen LogP contribution in [0.4, 0.5) is 0 Å².